The van der Waals surface area contributed by atoms with Crippen molar-refractivity contribution < 1.29 is 14.3 Å². The summed E-state index contributed by atoms with van der Waals surface area (Å²) in [4.78, 5) is 18.6. The predicted octanol–water partition coefficient (Wildman–Crippen LogP) is 4.11. The number of methoxy groups -OCH3 is 1. The summed E-state index contributed by atoms with van der Waals surface area (Å²) in [6.45, 7) is 2.52. The molecule has 1 aliphatic heterocycles. The molecule has 27 heavy (non-hydrogen) atoms. The molecule has 0 bridgehead atoms. The quantitative estimate of drug-likeness (QED) is 0.730. The molecule has 1 saturated heterocycles. The Balaban J connectivity index is 1.78. The van der Waals surface area contributed by atoms with Gasteiger partial charge in [-0.1, -0.05) is 35.9 Å². The van der Waals surface area contributed by atoms with Crippen LogP contribution < -0.4 is 9.47 Å². The number of benzene rings is 2. The zero-order valence-corrected chi connectivity index (χ0v) is 16.7. The van der Waals surface area contributed by atoms with Crippen molar-refractivity contribution in [2.75, 3.05) is 21.2 Å². The van der Waals surface area contributed by atoms with E-state index in [2.05, 4.69) is 24.0 Å². The van der Waals surface area contributed by atoms with Crippen molar-refractivity contribution in [2.45, 2.75) is 13.5 Å². The van der Waals surface area contributed by atoms with Crippen molar-refractivity contribution in [2.24, 2.45) is 4.99 Å². The van der Waals surface area contributed by atoms with Crippen LogP contribution in [0.25, 0.3) is 6.08 Å². The lowest BCUT2D eigenvalue weighted by Crippen LogP contribution is -2.23. The van der Waals surface area contributed by atoms with Crippen molar-refractivity contribution in [3.8, 4) is 11.5 Å². The van der Waals surface area contributed by atoms with E-state index in [0.29, 0.717) is 28.2 Å². The highest BCUT2D eigenvalue weighted by Gasteiger charge is 2.29. The topological polar surface area (TPSA) is 51.1 Å². The Kier molecular flexibility index (Phi) is 5.86. The number of ether oxygens (including phenoxy) is 2. The van der Waals surface area contributed by atoms with Crippen LogP contribution in [-0.2, 0) is 11.4 Å². The monoisotopic (exact) mass is 382 g/mol. The lowest BCUT2D eigenvalue weighted by molar-refractivity contribution is -0.121. The van der Waals surface area contributed by atoms with Gasteiger partial charge in [0, 0.05) is 14.1 Å². The van der Waals surface area contributed by atoms with Gasteiger partial charge in [-0.15, -0.1) is 0 Å². The molecule has 3 rings (SSSR count). The molecule has 140 valence electrons. The van der Waals surface area contributed by atoms with E-state index in [-0.39, 0.29) is 5.91 Å². The van der Waals surface area contributed by atoms with Crippen molar-refractivity contribution >= 4 is 28.9 Å². The van der Waals surface area contributed by atoms with Crippen LogP contribution in [0.1, 0.15) is 16.7 Å². The number of thioether (sulfide) groups is 1. The summed E-state index contributed by atoms with van der Waals surface area (Å²) in [6.07, 6.45) is 1.84. The summed E-state index contributed by atoms with van der Waals surface area (Å²) in [5, 5.41) is 0.691. The summed E-state index contributed by atoms with van der Waals surface area (Å²) in [6, 6.07) is 13.8. The third-order valence-corrected chi connectivity index (χ3v) is 5.31. The summed E-state index contributed by atoms with van der Waals surface area (Å²) in [5.41, 5.74) is 3.17. The number of hydrogen-bond donors (Lipinski definition) is 0. The number of nitrogens with zero attached hydrogens (tertiary/aromatic N) is 2. The molecule has 0 radical (unpaired) electrons. The molecule has 0 N–H and O–H groups in total. The minimum Gasteiger partial charge on any atom is -0.493 e. The lowest BCUT2D eigenvalue weighted by Gasteiger charge is -2.12. The zero-order chi connectivity index (χ0) is 19.4. The number of carbonyl (C=O) groups is 1. The molecular weight excluding hydrogens is 360 g/mol. The van der Waals surface area contributed by atoms with Gasteiger partial charge in [-0.3, -0.25) is 14.7 Å². The highest BCUT2D eigenvalue weighted by molar-refractivity contribution is 8.18. The van der Waals surface area contributed by atoms with Crippen molar-refractivity contribution in [1.82, 2.24) is 4.90 Å². The highest BCUT2D eigenvalue weighted by atomic mass is 32.2. The van der Waals surface area contributed by atoms with E-state index in [4.69, 9.17) is 9.47 Å². The maximum absolute atomic E-state index is 12.3. The van der Waals surface area contributed by atoms with Gasteiger partial charge in [0.2, 0.25) is 0 Å². The molecule has 0 spiro atoms. The second-order valence-electron chi connectivity index (χ2n) is 6.17. The molecule has 1 fully saturated rings. The molecule has 0 aliphatic carbocycles. The van der Waals surface area contributed by atoms with Crippen molar-refractivity contribution in [1.29, 1.82) is 0 Å². The fraction of sp³-hybridized carbons (Fsp3) is 0.238. The van der Waals surface area contributed by atoms with Gasteiger partial charge in [-0.05, 0) is 48.0 Å². The molecule has 2 aromatic rings. The summed E-state index contributed by atoms with van der Waals surface area (Å²) < 4.78 is 11.4. The number of amidine groups is 1. The van der Waals surface area contributed by atoms with Gasteiger partial charge >= 0.3 is 0 Å². The zero-order valence-electron chi connectivity index (χ0n) is 15.9. The van der Waals surface area contributed by atoms with E-state index in [0.717, 1.165) is 11.1 Å². The number of amides is 1. The third kappa shape index (κ3) is 4.34. The van der Waals surface area contributed by atoms with Gasteiger partial charge in [0.25, 0.3) is 5.91 Å². The van der Waals surface area contributed by atoms with E-state index in [1.807, 2.05) is 36.4 Å². The minimum absolute atomic E-state index is 0.0562. The minimum atomic E-state index is -0.0562. The van der Waals surface area contributed by atoms with Gasteiger partial charge in [-0.2, -0.15) is 0 Å². The van der Waals surface area contributed by atoms with E-state index in [1.165, 1.54) is 17.3 Å². The Morgan fingerprint density at radius 2 is 2.00 bits per heavy atom. The summed E-state index contributed by atoms with van der Waals surface area (Å²) >= 11 is 1.36. The van der Waals surface area contributed by atoms with E-state index >= 15 is 0 Å². The van der Waals surface area contributed by atoms with Crippen LogP contribution in [-0.4, -0.2) is 37.2 Å². The van der Waals surface area contributed by atoms with Gasteiger partial charge in [0.05, 0.1) is 12.0 Å². The fourth-order valence-corrected chi connectivity index (χ4v) is 3.68. The fourth-order valence-electron chi connectivity index (χ4n) is 2.76. The van der Waals surface area contributed by atoms with E-state index in [1.54, 1.807) is 26.1 Å². The molecule has 1 heterocycles. The van der Waals surface area contributed by atoms with Crippen LogP contribution in [0, 0.1) is 6.92 Å². The average Bonchev–Trinajstić information content (AvgIpc) is 2.94. The predicted molar refractivity (Wildman–Crippen MR) is 110 cm³/mol. The number of aryl methyl sites for hydroxylation is 1. The Bertz CT molecular complexity index is 921. The summed E-state index contributed by atoms with van der Waals surface area (Å²) in [7, 11) is 5.01. The van der Waals surface area contributed by atoms with Gasteiger partial charge in [0.1, 0.15) is 6.61 Å². The molecule has 1 amide bonds. The SMILES string of the molecule is CN=C1S/C(=C/c2ccc(OCc3cccc(C)c3)c(OC)c2)C(=O)N1C. The first-order valence-corrected chi connectivity index (χ1v) is 9.34. The third-order valence-electron chi connectivity index (χ3n) is 4.16. The maximum atomic E-state index is 12.3. The van der Waals surface area contributed by atoms with E-state index in [9.17, 15) is 4.79 Å². The lowest BCUT2D eigenvalue weighted by atomic mass is 10.1. The Hall–Kier alpha value is -2.73. The van der Waals surface area contributed by atoms with Crippen molar-refractivity contribution in [3.05, 3.63) is 64.1 Å². The molecule has 6 heteroatoms. The molecule has 0 unspecified atom stereocenters. The summed E-state index contributed by atoms with van der Waals surface area (Å²) in [5.74, 6) is 1.24. The van der Waals surface area contributed by atoms with E-state index < -0.39 is 0 Å². The largest absolute Gasteiger partial charge is 0.493 e. The number of rotatable bonds is 5. The Morgan fingerprint density at radius 3 is 2.67 bits per heavy atom. The molecule has 0 saturated carbocycles. The number of aliphatic imine (C=N–C) groups is 1. The van der Waals surface area contributed by atoms with Crippen molar-refractivity contribution in [3.63, 3.8) is 0 Å². The highest BCUT2D eigenvalue weighted by Crippen LogP contribution is 2.34. The Morgan fingerprint density at radius 1 is 1.19 bits per heavy atom. The Labute approximate surface area is 163 Å². The first-order chi connectivity index (χ1) is 13.0. The maximum Gasteiger partial charge on any atom is 0.266 e. The second-order valence-corrected chi connectivity index (χ2v) is 7.18. The molecule has 0 atom stereocenters. The first-order valence-electron chi connectivity index (χ1n) is 8.52. The van der Waals surface area contributed by atoms with Gasteiger partial charge in [0.15, 0.2) is 16.7 Å². The number of carbonyl (C=O) groups excluding carboxylic acids is 1. The van der Waals surface area contributed by atoms with Gasteiger partial charge in [-0.25, -0.2) is 0 Å². The molecular formula is C21H22N2O3S. The van der Waals surface area contributed by atoms with Crippen LogP contribution in [0.3, 0.4) is 0 Å². The van der Waals surface area contributed by atoms with Crippen LogP contribution in [0.4, 0.5) is 0 Å². The normalized spacial score (nSPS) is 17.0. The second kappa shape index (κ2) is 8.31. The smallest absolute Gasteiger partial charge is 0.266 e. The van der Waals surface area contributed by atoms with Crippen LogP contribution in [0.15, 0.2) is 52.4 Å². The average molecular weight is 382 g/mol. The molecule has 1 aliphatic rings. The molecule has 2 aromatic carbocycles. The van der Waals surface area contributed by atoms with Crippen LogP contribution in [0.2, 0.25) is 0 Å². The molecule has 5 nitrogen and oxygen atoms in total. The van der Waals surface area contributed by atoms with Crippen LogP contribution in [0.5, 0.6) is 11.5 Å². The standard InChI is InChI=1S/C21H22N2O3S/c1-14-6-5-7-16(10-14)13-26-17-9-8-15(11-18(17)25-4)12-19-20(24)23(3)21(22-2)27-19/h5-12H,13H2,1-4H3/b19-12+,22-21?. The van der Waals surface area contributed by atoms with Gasteiger partial charge < -0.3 is 9.47 Å². The molecule has 0 aromatic heterocycles. The number of likely N-dealkylation sites (N-methyl/N-ethyl adjacent to an activating group) is 1. The number of hydrogen-bond acceptors (Lipinski definition) is 5. The van der Waals surface area contributed by atoms with Crippen LogP contribution >= 0.6 is 11.8 Å². The first kappa shape index (κ1) is 19.0.